The molecule has 5 heteroatoms. The van der Waals surface area contributed by atoms with Crippen LogP contribution in [0.2, 0.25) is 0 Å². The number of para-hydroxylation sites is 4. The number of aliphatic hydroxyl groups excluding tert-OH is 1. The topological polar surface area (TPSA) is 56.5 Å². The van der Waals surface area contributed by atoms with Crippen molar-refractivity contribution in [2.24, 2.45) is 0 Å². The molecule has 0 bridgehead atoms. The second kappa shape index (κ2) is 6.76. The van der Waals surface area contributed by atoms with E-state index in [1.165, 1.54) is 12.8 Å². The molecule has 1 aromatic heterocycles. The van der Waals surface area contributed by atoms with Gasteiger partial charge in [0.2, 0.25) is 0 Å². The van der Waals surface area contributed by atoms with E-state index in [0.717, 1.165) is 16.9 Å². The van der Waals surface area contributed by atoms with Crippen LogP contribution in [-0.4, -0.2) is 34.5 Å². The first-order valence-corrected chi connectivity index (χ1v) is 8.65. The van der Waals surface area contributed by atoms with Gasteiger partial charge in [-0.25, -0.2) is 4.98 Å². The van der Waals surface area contributed by atoms with Gasteiger partial charge in [0, 0.05) is 5.92 Å². The molecule has 1 N–H and O–H groups in total. The van der Waals surface area contributed by atoms with Gasteiger partial charge in [-0.15, -0.1) is 0 Å². The Kier molecular flexibility index (Phi) is 4.32. The first-order chi connectivity index (χ1) is 12.3. The minimum atomic E-state index is -0.625. The molecule has 4 rings (SSSR count). The van der Waals surface area contributed by atoms with Crippen molar-refractivity contribution in [2.45, 2.75) is 31.4 Å². The van der Waals surface area contributed by atoms with E-state index in [-0.39, 0.29) is 6.61 Å². The Morgan fingerprint density at radius 3 is 2.60 bits per heavy atom. The lowest BCUT2D eigenvalue weighted by molar-refractivity contribution is 0.0912. The molecule has 0 spiro atoms. The number of rotatable bonds is 7. The van der Waals surface area contributed by atoms with E-state index in [4.69, 9.17) is 14.5 Å². The molecule has 1 atom stereocenters. The lowest BCUT2D eigenvalue weighted by Gasteiger charge is -2.16. The van der Waals surface area contributed by atoms with Gasteiger partial charge >= 0.3 is 0 Å². The van der Waals surface area contributed by atoms with Crippen LogP contribution in [0.1, 0.15) is 24.6 Å². The van der Waals surface area contributed by atoms with Gasteiger partial charge in [0.25, 0.3) is 0 Å². The molecule has 5 nitrogen and oxygen atoms in total. The number of nitrogens with zero attached hydrogens (tertiary/aromatic N) is 2. The second-order valence-electron chi connectivity index (χ2n) is 6.46. The molecule has 0 radical (unpaired) electrons. The van der Waals surface area contributed by atoms with Crippen LogP contribution in [0.4, 0.5) is 0 Å². The zero-order valence-corrected chi connectivity index (χ0v) is 14.3. The second-order valence-corrected chi connectivity index (χ2v) is 6.46. The molecule has 0 unspecified atom stereocenters. The van der Waals surface area contributed by atoms with E-state index in [1.807, 2.05) is 42.5 Å². The highest BCUT2D eigenvalue weighted by Gasteiger charge is 2.30. The van der Waals surface area contributed by atoms with Crippen LogP contribution in [0, 0.1) is 0 Å². The number of aromatic nitrogens is 2. The number of methoxy groups -OCH3 is 1. The van der Waals surface area contributed by atoms with Crippen molar-refractivity contribution >= 4 is 11.0 Å². The molecule has 25 heavy (non-hydrogen) atoms. The third-order valence-electron chi connectivity index (χ3n) is 4.52. The normalized spacial score (nSPS) is 15.3. The molecular weight excluding hydrogens is 316 g/mol. The molecule has 0 aliphatic heterocycles. The maximum Gasteiger partial charge on any atom is 0.161 e. The Balaban J connectivity index is 1.50. The van der Waals surface area contributed by atoms with Gasteiger partial charge in [-0.05, 0) is 37.1 Å². The van der Waals surface area contributed by atoms with Gasteiger partial charge in [0.1, 0.15) is 18.5 Å². The molecule has 1 fully saturated rings. The van der Waals surface area contributed by atoms with E-state index in [0.29, 0.717) is 24.0 Å². The van der Waals surface area contributed by atoms with Crippen LogP contribution in [0.15, 0.2) is 48.5 Å². The Bertz CT molecular complexity index is 870. The van der Waals surface area contributed by atoms with E-state index >= 15 is 0 Å². The highest BCUT2D eigenvalue weighted by atomic mass is 16.5. The van der Waals surface area contributed by atoms with E-state index in [9.17, 15) is 5.11 Å². The summed E-state index contributed by atoms with van der Waals surface area (Å²) in [7, 11) is 1.61. The van der Waals surface area contributed by atoms with Crippen molar-refractivity contribution in [1.82, 2.24) is 9.55 Å². The predicted molar refractivity (Wildman–Crippen MR) is 96.2 cm³/mol. The number of imidazole rings is 1. The van der Waals surface area contributed by atoms with Crippen LogP contribution in [0.5, 0.6) is 11.5 Å². The van der Waals surface area contributed by atoms with Crippen LogP contribution >= 0.6 is 0 Å². The predicted octanol–water partition coefficient (Wildman–Crippen LogP) is 3.36. The summed E-state index contributed by atoms with van der Waals surface area (Å²) in [5.74, 6) is 2.91. The Labute approximate surface area is 146 Å². The van der Waals surface area contributed by atoms with Gasteiger partial charge < -0.3 is 19.1 Å². The number of hydrogen-bond acceptors (Lipinski definition) is 4. The van der Waals surface area contributed by atoms with Gasteiger partial charge in [0.05, 0.1) is 24.7 Å². The van der Waals surface area contributed by atoms with Crippen molar-refractivity contribution in [2.75, 3.05) is 13.7 Å². The summed E-state index contributed by atoms with van der Waals surface area (Å²) in [6.07, 6.45) is 1.73. The van der Waals surface area contributed by atoms with Crippen LogP contribution in [-0.2, 0) is 6.54 Å². The minimum Gasteiger partial charge on any atom is -0.493 e. The monoisotopic (exact) mass is 338 g/mol. The van der Waals surface area contributed by atoms with Crippen LogP contribution in [0.3, 0.4) is 0 Å². The fourth-order valence-corrected chi connectivity index (χ4v) is 3.13. The summed E-state index contributed by atoms with van der Waals surface area (Å²) in [5.41, 5.74) is 2.06. The zero-order chi connectivity index (χ0) is 17.2. The summed E-state index contributed by atoms with van der Waals surface area (Å²) >= 11 is 0. The van der Waals surface area contributed by atoms with Crippen LogP contribution in [0.25, 0.3) is 11.0 Å². The van der Waals surface area contributed by atoms with Crippen molar-refractivity contribution in [3.8, 4) is 11.5 Å². The van der Waals surface area contributed by atoms with Crippen molar-refractivity contribution in [3.63, 3.8) is 0 Å². The third kappa shape index (κ3) is 3.33. The molecule has 1 heterocycles. The van der Waals surface area contributed by atoms with Crippen molar-refractivity contribution in [1.29, 1.82) is 0 Å². The van der Waals surface area contributed by atoms with Crippen molar-refractivity contribution < 1.29 is 14.6 Å². The highest BCUT2D eigenvalue weighted by molar-refractivity contribution is 5.76. The number of aliphatic hydroxyl groups is 1. The van der Waals surface area contributed by atoms with Crippen molar-refractivity contribution in [3.05, 3.63) is 54.4 Å². The molecule has 1 aliphatic rings. The zero-order valence-electron chi connectivity index (χ0n) is 14.3. The van der Waals surface area contributed by atoms with E-state index in [2.05, 4.69) is 10.6 Å². The van der Waals surface area contributed by atoms with Gasteiger partial charge in [-0.2, -0.15) is 0 Å². The summed E-state index contributed by atoms with van der Waals surface area (Å²) in [4.78, 5) is 4.76. The molecule has 0 saturated heterocycles. The quantitative estimate of drug-likeness (QED) is 0.718. The SMILES string of the molecule is COc1ccccc1OC[C@H](O)Cn1c(C2CC2)nc2ccccc21. The number of ether oxygens (including phenoxy) is 2. The fourth-order valence-electron chi connectivity index (χ4n) is 3.13. The van der Waals surface area contributed by atoms with Crippen LogP contribution < -0.4 is 9.47 Å². The lowest BCUT2D eigenvalue weighted by Crippen LogP contribution is -2.24. The molecule has 3 aromatic rings. The molecule has 1 aliphatic carbocycles. The molecule has 0 amide bonds. The minimum absolute atomic E-state index is 0.205. The third-order valence-corrected chi connectivity index (χ3v) is 4.52. The Morgan fingerprint density at radius 2 is 1.84 bits per heavy atom. The summed E-state index contributed by atoms with van der Waals surface area (Å²) in [5, 5.41) is 10.5. The number of hydrogen-bond donors (Lipinski definition) is 1. The largest absolute Gasteiger partial charge is 0.493 e. The first-order valence-electron chi connectivity index (χ1n) is 8.65. The van der Waals surface area contributed by atoms with Gasteiger partial charge in [-0.3, -0.25) is 0 Å². The van der Waals surface area contributed by atoms with Gasteiger partial charge in [-0.1, -0.05) is 24.3 Å². The highest BCUT2D eigenvalue weighted by Crippen LogP contribution is 2.40. The smallest absolute Gasteiger partial charge is 0.161 e. The summed E-state index contributed by atoms with van der Waals surface area (Å²) < 4.78 is 13.2. The molecule has 1 saturated carbocycles. The average molecular weight is 338 g/mol. The molecule has 130 valence electrons. The number of fused-ring (bicyclic) bond motifs is 1. The maximum absolute atomic E-state index is 10.5. The molecular formula is C20H22N2O3. The summed E-state index contributed by atoms with van der Waals surface area (Å²) in [6.45, 7) is 0.679. The first kappa shape index (κ1) is 16.0. The molecule has 2 aromatic carbocycles. The summed E-state index contributed by atoms with van der Waals surface area (Å²) in [6, 6.07) is 15.6. The lowest BCUT2D eigenvalue weighted by atomic mass is 10.3. The Morgan fingerprint density at radius 1 is 1.12 bits per heavy atom. The fraction of sp³-hybridized carbons (Fsp3) is 0.350. The standard InChI is InChI=1S/C20H22N2O3/c1-24-18-8-4-5-9-19(18)25-13-15(23)12-22-17-7-3-2-6-16(17)21-20(22)14-10-11-14/h2-9,14-15,23H,10-13H2,1H3/t15-/m1/s1. The van der Waals surface area contributed by atoms with Gasteiger partial charge in [0.15, 0.2) is 11.5 Å². The average Bonchev–Trinajstić information content (AvgIpc) is 3.43. The van der Waals surface area contributed by atoms with E-state index < -0.39 is 6.10 Å². The number of benzene rings is 2. The Hall–Kier alpha value is -2.53. The maximum atomic E-state index is 10.5. The van der Waals surface area contributed by atoms with E-state index in [1.54, 1.807) is 7.11 Å².